The first kappa shape index (κ1) is 22.9. The van der Waals surface area contributed by atoms with Crippen molar-refractivity contribution >= 4 is 22.9 Å². The average Bonchev–Trinajstić information content (AvgIpc) is 3.28. The summed E-state index contributed by atoms with van der Waals surface area (Å²) in [4.78, 5) is 36.7. The Kier molecular flexibility index (Phi) is 5.65. The Labute approximate surface area is 208 Å². The number of cyclic esters (lactones) is 1. The molecule has 0 bridgehead atoms. The molecule has 36 heavy (non-hydrogen) atoms. The van der Waals surface area contributed by atoms with Crippen LogP contribution in [0.3, 0.4) is 0 Å². The Morgan fingerprint density at radius 1 is 1.22 bits per heavy atom. The summed E-state index contributed by atoms with van der Waals surface area (Å²) in [5.41, 5.74) is 5.48. The van der Waals surface area contributed by atoms with Crippen LogP contribution in [0.1, 0.15) is 67.7 Å². The lowest BCUT2D eigenvalue weighted by molar-refractivity contribution is -0.172. The number of hydroxylamine groups is 1. The van der Waals surface area contributed by atoms with E-state index in [1.807, 2.05) is 30.3 Å². The second-order valence-electron chi connectivity index (χ2n) is 9.80. The molecule has 1 saturated carbocycles. The molecule has 3 aliphatic rings. The number of carbonyl (C=O) groups is 1. The van der Waals surface area contributed by atoms with Gasteiger partial charge in [0.05, 0.1) is 35.1 Å². The van der Waals surface area contributed by atoms with Gasteiger partial charge in [-0.3, -0.25) is 15.1 Å². The molecular weight excluding hydrogens is 458 g/mol. The molecular formula is C28H29N3O5. The molecule has 0 spiro atoms. The van der Waals surface area contributed by atoms with E-state index in [2.05, 4.69) is 5.48 Å². The standard InChI is InChI=1S/C28H29N3O5/c1-2-28(34)22-14-24-25-20(15-31(24)26(32)21(22)16-35-27(28)33)18(19-10-6-7-11-23(19)30-25)12-13-29-36-17-8-4-3-5-9-17/h6-7,10-14,17,29,34H,2-5,8-9,15-16H2,1H3/t28-/m0/s1. The van der Waals surface area contributed by atoms with Gasteiger partial charge in [-0.05, 0) is 43.0 Å². The minimum Gasteiger partial charge on any atom is -0.458 e. The third-order valence-corrected chi connectivity index (χ3v) is 7.74. The van der Waals surface area contributed by atoms with Gasteiger partial charge in [0.2, 0.25) is 0 Å². The molecule has 1 aliphatic carbocycles. The van der Waals surface area contributed by atoms with E-state index in [4.69, 9.17) is 14.6 Å². The van der Waals surface area contributed by atoms with E-state index in [0.29, 0.717) is 29.1 Å². The summed E-state index contributed by atoms with van der Waals surface area (Å²) < 4.78 is 6.84. The SMILES string of the molecule is CC[C@@]1(O)C(=O)OCc2c1cc1n(c2=O)Cc2c-1nc1ccccc1c2C=CNOC1CCCCC1. The molecule has 0 amide bonds. The third-order valence-electron chi connectivity index (χ3n) is 7.74. The number of para-hydroxylation sites is 1. The lowest BCUT2D eigenvalue weighted by Gasteiger charge is -2.31. The number of pyridine rings is 2. The first-order valence-corrected chi connectivity index (χ1v) is 12.7. The average molecular weight is 488 g/mol. The van der Waals surface area contributed by atoms with Crippen LogP contribution in [0.5, 0.6) is 0 Å². The Bertz CT molecular complexity index is 1450. The quantitative estimate of drug-likeness (QED) is 0.325. The molecule has 1 fully saturated rings. The van der Waals surface area contributed by atoms with Gasteiger partial charge in [-0.15, -0.1) is 0 Å². The molecule has 1 aromatic carbocycles. The Morgan fingerprint density at radius 2 is 2.03 bits per heavy atom. The van der Waals surface area contributed by atoms with Gasteiger partial charge >= 0.3 is 5.97 Å². The van der Waals surface area contributed by atoms with Crippen LogP contribution in [0, 0.1) is 0 Å². The molecule has 4 heterocycles. The van der Waals surface area contributed by atoms with E-state index in [0.717, 1.165) is 34.9 Å². The van der Waals surface area contributed by atoms with Crippen LogP contribution in [0.25, 0.3) is 28.4 Å². The lowest BCUT2D eigenvalue weighted by Crippen LogP contribution is -2.44. The maximum atomic E-state index is 13.5. The zero-order valence-corrected chi connectivity index (χ0v) is 20.3. The number of rotatable bonds is 5. The fourth-order valence-electron chi connectivity index (χ4n) is 5.69. The number of nitrogens with one attached hydrogen (secondary N) is 1. The van der Waals surface area contributed by atoms with Gasteiger partial charge in [0.25, 0.3) is 5.56 Å². The lowest BCUT2D eigenvalue weighted by atomic mass is 9.86. The molecule has 2 aliphatic heterocycles. The van der Waals surface area contributed by atoms with Crippen molar-refractivity contribution in [2.75, 3.05) is 0 Å². The number of hydrogen-bond acceptors (Lipinski definition) is 7. The number of fused-ring (bicyclic) bond motifs is 5. The first-order chi connectivity index (χ1) is 17.5. The summed E-state index contributed by atoms with van der Waals surface area (Å²) in [6.07, 6.45) is 9.89. The van der Waals surface area contributed by atoms with Crippen molar-refractivity contribution in [2.45, 2.75) is 70.3 Å². The van der Waals surface area contributed by atoms with Crippen LogP contribution >= 0.6 is 0 Å². The first-order valence-electron chi connectivity index (χ1n) is 12.7. The fraction of sp³-hybridized carbons (Fsp3) is 0.393. The van der Waals surface area contributed by atoms with Crippen molar-refractivity contribution < 1.29 is 19.5 Å². The number of carbonyl (C=O) groups excluding carboxylic acids is 1. The Morgan fingerprint density at radius 3 is 2.83 bits per heavy atom. The summed E-state index contributed by atoms with van der Waals surface area (Å²) >= 11 is 0. The highest BCUT2D eigenvalue weighted by Crippen LogP contribution is 2.40. The van der Waals surface area contributed by atoms with Gasteiger partial charge in [0, 0.05) is 22.7 Å². The van der Waals surface area contributed by atoms with E-state index in [1.165, 1.54) is 19.3 Å². The van der Waals surface area contributed by atoms with Gasteiger partial charge in [-0.2, -0.15) is 0 Å². The van der Waals surface area contributed by atoms with Gasteiger partial charge < -0.3 is 14.4 Å². The second-order valence-corrected chi connectivity index (χ2v) is 9.80. The predicted octanol–water partition coefficient (Wildman–Crippen LogP) is 3.90. The normalized spacial score (nSPS) is 21.3. The number of aliphatic hydroxyl groups is 1. The minimum atomic E-state index is -1.84. The van der Waals surface area contributed by atoms with Crippen LogP contribution < -0.4 is 11.0 Å². The predicted molar refractivity (Wildman–Crippen MR) is 135 cm³/mol. The van der Waals surface area contributed by atoms with E-state index in [1.54, 1.807) is 23.8 Å². The van der Waals surface area contributed by atoms with E-state index in [-0.39, 0.29) is 24.7 Å². The Hall–Kier alpha value is -3.49. The molecule has 2 N–H and O–H groups in total. The molecule has 6 rings (SSSR count). The smallest absolute Gasteiger partial charge is 0.343 e. The zero-order valence-electron chi connectivity index (χ0n) is 20.3. The van der Waals surface area contributed by atoms with Crippen LogP contribution in [-0.4, -0.2) is 26.7 Å². The van der Waals surface area contributed by atoms with E-state index in [9.17, 15) is 14.7 Å². The number of benzene rings is 1. The van der Waals surface area contributed by atoms with Crippen molar-refractivity contribution in [1.82, 2.24) is 15.0 Å². The number of esters is 1. The van der Waals surface area contributed by atoms with Crippen LogP contribution in [0.15, 0.2) is 41.3 Å². The highest BCUT2D eigenvalue weighted by molar-refractivity contribution is 5.93. The zero-order chi connectivity index (χ0) is 24.9. The molecule has 0 unspecified atom stereocenters. The van der Waals surface area contributed by atoms with Crippen LogP contribution in [0.2, 0.25) is 0 Å². The van der Waals surface area contributed by atoms with Crippen molar-refractivity contribution in [3.05, 3.63) is 69.1 Å². The van der Waals surface area contributed by atoms with Crippen molar-refractivity contribution in [3.8, 4) is 11.4 Å². The highest BCUT2D eigenvalue weighted by atomic mass is 16.7. The maximum Gasteiger partial charge on any atom is 0.343 e. The topological polar surface area (TPSA) is 103 Å². The van der Waals surface area contributed by atoms with Gasteiger partial charge in [-0.25, -0.2) is 9.78 Å². The number of ether oxygens (including phenoxy) is 1. The molecule has 0 saturated heterocycles. The molecule has 8 heteroatoms. The second kappa shape index (κ2) is 8.87. The number of nitrogens with zero attached hydrogens (tertiary/aromatic N) is 2. The van der Waals surface area contributed by atoms with Crippen molar-refractivity contribution in [1.29, 1.82) is 0 Å². The maximum absolute atomic E-state index is 13.5. The van der Waals surface area contributed by atoms with Crippen LogP contribution in [0.4, 0.5) is 0 Å². The van der Waals surface area contributed by atoms with Gasteiger partial charge in [0.1, 0.15) is 6.61 Å². The minimum absolute atomic E-state index is 0.111. The summed E-state index contributed by atoms with van der Waals surface area (Å²) in [6, 6.07) is 9.60. The van der Waals surface area contributed by atoms with E-state index < -0.39 is 11.6 Å². The summed E-state index contributed by atoms with van der Waals surface area (Å²) in [7, 11) is 0. The molecule has 1 atom stereocenters. The summed E-state index contributed by atoms with van der Waals surface area (Å²) in [6.45, 7) is 1.90. The Balaban J connectivity index is 1.44. The molecule has 3 aromatic rings. The molecule has 2 aromatic heterocycles. The number of aromatic nitrogens is 2. The number of hydrogen-bond donors (Lipinski definition) is 2. The fourth-order valence-corrected chi connectivity index (χ4v) is 5.69. The van der Waals surface area contributed by atoms with Gasteiger partial charge in [0.15, 0.2) is 5.60 Å². The highest BCUT2D eigenvalue weighted by Gasteiger charge is 2.45. The monoisotopic (exact) mass is 487 g/mol. The third kappa shape index (κ3) is 3.55. The van der Waals surface area contributed by atoms with Crippen molar-refractivity contribution in [3.63, 3.8) is 0 Å². The van der Waals surface area contributed by atoms with Crippen molar-refractivity contribution in [2.24, 2.45) is 0 Å². The molecule has 0 radical (unpaired) electrons. The largest absolute Gasteiger partial charge is 0.458 e. The van der Waals surface area contributed by atoms with Gasteiger partial charge in [-0.1, -0.05) is 44.4 Å². The van der Waals surface area contributed by atoms with Crippen LogP contribution in [-0.2, 0) is 33.1 Å². The van der Waals surface area contributed by atoms with E-state index >= 15 is 0 Å². The molecule has 186 valence electrons. The molecule has 8 nitrogen and oxygen atoms in total. The summed E-state index contributed by atoms with van der Waals surface area (Å²) in [5.74, 6) is -0.723. The summed E-state index contributed by atoms with van der Waals surface area (Å²) in [5, 5.41) is 12.1.